The number of H-pyrrole nitrogens is 1. The first-order valence-corrected chi connectivity index (χ1v) is 10.6. The monoisotopic (exact) mass is 406 g/mol. The Hall–Kier alpha value is -2.99. The highest BCUT2D eigenvalue weighted by Gasteiger charge is 2.10. The standard InChI is InChI=1S/C24H30N4O2/c1-16(2)17(3)25-14-7-6-13-22(29)26-19-10-8-9-18(15-19)23-20-11-4-5-12-21(20)24(30)28-27-23/h4-5,8-12,15-17,25H,6-7,13-14H2,1-3H3,(H,26,29)(H,28,30). The molecule has 3 aromatic rings. The number of benzene rings is 2. The van der Waals surface area contributed by atoms with E-state index in [1.54, 1.807) is 6.07 Å². The predicted octanol–water partition coefficient (Wildman–Crippen LogP) is 4.33. The first kappa shape index (κ1) is 21.7. The van der Waals surface area contributed by atoms with Gasteiger partial charge in [-0.1, -0.05) is 44.2 Å². The number of amides is 1. The van der Waals surface area contributed by atoms with Crippen LogP contribution in [0.25, 0.3) is 22.0 Å². The molecule has 1 aromatic heterocycles. The molecule has 1 heterocycles. The van der Waals surface area contributed by atoms with Crippen molar-refractivity contribution >= 4 is 22.4 Å². The quantitative estimate of drug-likeness (QED) is 0.462. The number of nitrogens with zero attached hydrogens (tertiary/aromatic N) is 1. The molecule has 0 saturated heterocycles. The number of nitrogens with one attached hydrogen (secondary N) is 3. The van der Waals surface area contributed by atoms with Gasteiger partial charge >= 0.3 is 0 Å². The summed E-state index contributed by atoms with van der Waals surface area (Å²) >= 11 is 0. The second-order valence-electron chi connectivity index (χ2n) is 8.02. The fourth-order valence-electron chi connectivity index (χ4n) is 3.28. The van der Waals surface area contributed by atoms with E-state index in [1.807, 2.05) is 42.5 Å². The van der Waals surface area contributed by atoms with Gasteiger partial charge in [-0.25, -0.2) is 5.10 Å². The molecule has 30 heavy (non-hydrogen) atoms. The van der Waals surface area contributed by atoms with E-state index in [0.29, 0.717) is 29.5 Å². The van der Waals surface area contributed by atoms with E-state index in [2.05, 4.69) is 41.6 Å². The zero-order valence-corrected chi connectivity index (χ0v) is 17.9. The van der Waals surface area contributed by atoms with E-state index >= 15 is 0 Å². The number of carbonyl (C=O) groups excluding carboxylic acids is 1. The molecule has 2 aromatic carbocycles. The molecule has 6 heteroatoms. The lowest BCUT2D eigenvalue weighted by Gasteiger charge is -2.17. The van der Waals surface area contributed by atoms with Crippen LogP contribution < -0.4 is 16.2 Å². The maximum absolute atomic E-state index is 12.3. The molecule has 0 aliphatic heterocycles. The van der Waals surface area contributed by atoms with Gasteiger partial charge in [0.1, 0.15) is 0 Å². The lowest BCUT2D eigenvalue weighted by atomic mass is 10.0. The molecule has 0 aliphatic carbocycles. The van der Waals surface area contributed by atoms with E-state index in [0.717, 1.165) is 36.0 Å². The molecule has 0 radical (unpaired) electrons. The lowest BCUT2D eigenvalue weighted by molar-refractivity contribution is -0.116. The van der Waals surface area contributed by atoms with Crippen LogP contribution in [0.1, 0.15) is 40.0 Å². The van der Waals surface area contributed by atoms with Crippen LogP contribution in [0.3, 0.4) is 0 Å². The van der Waals surface area contributed by atoms with Crippen molar-refractivity contribution in [1.82, 2.24) is 15.5 Å². The van der Waals surface area contributed by atoms with Crippen LogP contribution in [0, 0.1) is 5.92 Å². The Morgan fingerprint density at radius 1 is 1.03 bits per heavy atom. The van der Waals surface area contributed by atoms with E-state index in [-0.39, 0.29) is 11.5 Å². The van der Waals surface area contributed by atoms with Gasteiger partial charge in [0.15, 0.2) is 0 Å². The molecule has 1 atom stereocenters. The SMILES string of the molecule is CC(C)C(C)NCCCCC(=O)Nc1cccc(-c2n[nH]c(=O)c3ccccc23)c1. The van der Waals surface area contributed by atoms with E-state index in [1.165, 1.54) is 0 Å². The Bertz CT molecular complexity index is 1060. The van der Waals surface area contributed by atoms with Crippen molar-refractivity contribution in [2.45, 2.75) is 46.1 Å². The van der Waals surface area contributed by atoms with Crippen LogP contribution in [0.2, 0.25) is 0 Å². The van der Waals surface area contributed by atoms with E-state index in [4.69, 9.17) is 0 Å². The maximum Gasteiger partial charge on any atom is 0.272 e. The van der Waals surface area contributed by atoms with Gasteiger partial charge in [0.05, 0.1) is 11.1 Å². The van der Waals surface area contributed by atoms with Crippen LogP contribution >= 0.6 is 0 Å². The summed E-state index contributed by atoms with van der Waals surface area (Å²) < 4.78 is 0. The van der Waals surface area contributed by atoms with Crippen molar-refractivity contribution in [3.8, 4) is 11.3 Å². The molecule has 6 nitrogen and oxygen atoms in total. The van der Waals surface area contributed by atoms with Gasteiger partial charge in [0, 0.05) is 29.1 Å². The molecule has 3 rings (SSSR count). The summed E-state index contributed by atoms with van der Waals surface area (Å²) in [6, 6.07) is 15.4. The number of fused-ring (bicyclic) bond motifs is 1. The molecule has 1 unspecified atom stereocenters. The number of hydrogen-bond acceptors (Lipinski definition) is 4. The minimum absolute atomic E-state index is 0.00310. The summed E-state index contributed by atoms with van der Waals surface area (Å²) in [5.74, 6) is 0.609. The topological polar surface area (TPSA) is 86.9 Å². The third-order valence-corrected chi connectivity index (χ3v) is 5.41. The van der Waals surface area contributed by atoms with Gasteiger partial charge in [0.2, 0.25) is 5.91 Å². The van der Waals surface area contributed by atoms with Gasteiger partial charge in [-0.2, -0.15) is 5.10 Å². The fourth-order valence-corrected chi connectivity index (χ4v) is 3.28. The Morgan fingerprint density at radius 2 is 1.80 bits per heavy atom. The number of aromatic nitrogens is 2. The molecule has 0 bridgehead atoms. The largest absolute Gasteiger partial charge is 0.326 e. The first-order valence-electron chi connectivity index (χ1n) is 10.6. The van der Waals surface area contributed by atoms with Crippen molar-refractivity contribution in [2.75, 3.05) is 11.9 Å². The number of aromatic amines is 1. The second kappa shape index (κ2) is 10.2. The molecule has 0 fully saturated rings. The molecule has 0 aliphatic rings. The van der Waals surface area contributed by atoms with Gasteiger partial charge in [0.25, 0.3) is 5.56 Å². The molecule has 158 valence electrons. The number of rotatable bonds is 9. The van der Waals surface area contributed by atoms with Crippen LogP contribution in [0.15, 0.2) is 53.3 Å². The Labute approximate surface area is 177 Å². The Balaban J connectivity index is 1.61. The van der Waals surface area contributed by atoms with Crippen molar-refractivity contribution in [3.63, 3.8) is 0 Å². The second-order valence-corrected chi connectivity index (χ2v) is 8.02. The minimum atomic E-state index is -0.212. The number of hydrogen-bond donors (Lipinski definition) is 3. The van der Waals surface area contributed by atoms with E-state index < -0.39 is 0 Å². The summed E-state index contributed by atoms with van der Waals surface area (Å²) in [5.41, 5.74) is 2.04. The van der Waals surface area contributed by atoms with Crippen molar-refractivity contribution in [1.29, 1.82) is 0 Å². The maximum atomic E-state index is 12.3. The molecule has 0 saturated carbocycles. The minimum Gasteiger partial charge on any atom is -0.326 e. The fraction of sp³-hybridized carbons (Fsp3) is 0.375. The van der Waals surface area contributed by atoms with Crippen LogP contribution in [0.4, 0.5) is 5.69 Å². The first-order chi connectivity index (χ1) is 14.5. The van der Waals surface area contributed by atoms with Gasteiger partial charge in [-0.05, 0) is 50.4 Å². The summed E-state index contributed by atoms with van der Waals surface area (Å²) in [5, 5.41) is 14.6. The van der Waals surface area contributed by atoms with E-state index in [9.17, 15) is 9.59 Å². The molecule has 1 amide bonds. The molecular formula is C24H30N4O2. The number of anilines is 1. The molecule has 0 spiro atoms. The van der Waals surface area contributed by atoms with Crippen molar-refractivity contribution in [2.24, 2.45) is 5.92 Å². The highest BCUT2D eigenvalue weighted by atomic mass is 16.1. The van der Waals surface area contributed by atoms with Gasteiger partial charge in [-0.15, -0.1) is 0 Å². The van der Waals surface area contributed by atoms with Gasteiger partial charge in [-0.3, -0.25) is 9.59 Å². The third-order valence-electron chi connectivity index (χ3n) is 5.41. The average molecular weight is 407 g/mol. The van der Waals surface area contributed by atoms with Crippen LogP contribution in [0.5, 0.6) is 0 Å². The zero-order valence-electron chi connectivity index (χ0n) is 17.9. The average Bonchev–Trinajstić information content (AvgIpc) is 2.74. The number of carbonyl (C=O) groups is 1. The Morgan fingerprint density at radius 3 is 2.57 bits per heavy atom. The van der Waals surface area contributed by atoms with Crippen molar-refractivity contribution in [3.05, 3.63) is 58.9 Å². The summed E-state index contributed by atoms with van der Waals surface area (Å²) in [6.45, 7) is 7.51. The smallest absolute Gasteiger partial charge is 0.272 e. The molecular weight excluding hydrogens is 376 g/mol. The Kier molecular flexibility index (Phi) is 7.36. The lowest BCUT2D eigenvalue weighted by Crippen LogP contribution is -2.31. The van der Waals surface area contributed by atoms with Gasteiger partial charge < -0.3 is 10.6 Å². The molecule has 3 N–H and O–H groups in total. The normalized spacial score (nSPS) is 12.3. The highest BCUT2D eigenvalue weighted by molar-refractivity contribution is 5.95. The van der Waals surface area contributed by atoms with Crippen molar-refractivity contribution < 1.29 is 4.79 Å². The zero-order chi connectivity index (χ0) is 21.5. The summed E-state index contributed by atoms with van der Waals surface area (Å²) in [7, 11) is 0. The summed E-state index contributed by atoms with van der Waals surface area (Å²) in [6.07, 6.45) is 2.30. The van der Waals surface area contributed by atoms with Crippen LogP contribution in [-0.2, 0) is 4.79 Å². The predicted molar refractivity (Wildman–Crippen MR) is 123 cm³/mol. The highest BCUT2D eigenvalue weighted by Crippen LogP contribution is 2.26. The summed E-state index contributed by atoms with van der Waals surface area (Å²) in [4.78, 5) is 24.3. The van der Waals surface area contributed by atoms with Crippen LogP contribution in [-0.4, -0.2) is 28.7 Å². The number of unbranched alkanes of at least 4 members (excludes halogenated alkanes) is 1. The third kappa shape index (κ3) is 5.54.